The molecule has 0 radical (unpaired) electrons. The van der Waals surface area contributed by atoms with Crippen molar-refractivity contribution in [2.24, 2.45) is 0 Å². The van der Waals surface area contributed by atoms with Gasteiger partial charge in [0.05, 0.1) is 10.8 Å². The number of hydrogen-bond donors (Lipinski definition) is 2. The Hall–Kier alpha value is -7.72. The predicted molar refractivity (Wildman–Crippen MR) is 276 cm³/mol. The first-order valence-electron chi connectivity index (χ1n) is 22.1. The summed E-state index contributed by atoms with van der Waals surface area (Å²) in [6.07, 6.45) is 0. The summed E-state index contributed by atoms with van der Waals surface area (Å²) in [5, 5.41) is 3.51. The summed E-state index contributed by atoms with van der Waals surface area (Å²) in [5.74, 6) is 0. The van der Waals surface area contributed by atoms with Crippen LogP contribution < -0.4 is 11.1 Å². The molecule has 0 atom stereocenters. The maximum atomic E-state index is 5.36. The fraction of sp³-hybridized carbons (Fsp3) is 0.0323. The maximum absolute atomic E-state index is 5.36. The molecule has 0 heterocycles. The molecule has 0 aliphatic heterocycles. The number of nitrogens with one attached hydrogen (secondary N) is 1. The van der Waals surface area contributed by atoms with Gasteiger partial charge in [0.2, 0.25) is 0 Å². The summed E-state index contributed by atoms with van der Waals surface area (Å²) in [7, 11) is 0. The van der Waals surface area contributed by atoms with E-state index in [9.17, 15) is 0 Å². The van der Waals surface area contributed by atoms with E-state index >= 15 is 0 Å². The third kappa shape index (κ3) is 7.54. The van der Waals surface area contributed by atoms with Crippen molar-refractivity contribution >= 4 is 33.0 Å². The number of halogens is 1. The Balaban J connectivity index is 0.000000135. The summed E-state index contributed by atoms with van der Waals surface area (Å²) in [6, 6.07) is 94.6. The number of nitrogen functional groups attached to an aromatic ring is 1. The van der Waals surface area contributed by atoms with Crippen molar-refractivity contribution in [1.29, 1.82) is 0 Å². The molecule has 10 aromatic rings. The first-order valence-corrected chi connectivity index (χ1v) is 22.9. The summed E-state index contributed by atoms with van der Waals surface area (Å²) < 4.78 is 1.10. The van der Waals surface area contributed by atoms with Crippen LogP contribution >= 0.6 is 15.9 Å². The summed E-state index contributed by atoms with van der Waals surface area (Å²) >= 11 is 3.59. The predicted octanol–water partition coefficient (Wildman–Crippen LogP) is 15.9. The second kappa shape index (κ2) is 18.2. The summed E-state index contributed by atoms with van der Waals surface area (Å²) in [6.45, 7) is 0. The van der Waals surface area contributed by atoms with Gasteiger partial charge in [0, 0.05) is 21.5 Å². The van der Waals surface area contributed by atoms with Gasteiger partial charge in [-0.2, -0.15) is 0 Å². The van der Waals surface area contributed by atoms with E-state index < -0.39 is 0 Å². The van der Waals surface area contributed by atoms with E-state index in [0.29, 0.717) is 0 Å². The van der Waals surface area contributed by atoms with Crippen molar-refractivity contribution in [1.82, 2.24) is 0 Å². The Kier molecular flexibility index (Phi) is 11.5. The zero-order valence-electron chi connectivity index (χ0n) is 35.9. The van der Waals surface area contributed by atoms with Crippen LogP contribution in [-0.2, 0) is 10.8 Å². The Morgan fingerprint density at radius 2 is 0.554 bits per heavy atom. The van der Waals surface area contributed by atoms with E-state index in [2.05, 4.69) is 240 Å². The zero-order valence-corrected chi connectivity index (χ0v) is 37.4. The van der Waals surface area contributed by atoms with E-state index in [4.69, 9.17) is 5.73 Å². The SMILES string of the molecule is Brc1ccc(C2(c3ccccc3)c3ccccc3-c3ccccc32)cc1.Nc1ccccc1.c1ccc(Nc2ccc(C3(c4ccccc4)c4ccccc4-c4ccccc43)cc2)cc1. The molecule has 2 nitrogen and oxygen atoms in total. The van der Waals surface area contributed by atoms with E-state index in [1.807, 2.05) is 48.5 Å². The number of nitrogens with two attached hydrogens (primary N) is 1. The molecule has 2 aliphatic carbocycles. The van der Waals surface area contributed by atoms with Crippen LogP contribution in [0.25, 0.3) is 22.3 Å². The van der Waals surface area contributed by atoms with Crippen LogP contribution in [0.5, 0.6) is 0 Å². The van der Waals surface area contributed by atoms with Crippen LogP contribution in [0.15, 0.2) is 271 Å². The molecule has 10 aromatic carbocycles. The van der Waals surface area contributed by atoms with Crippen LogP contribution in [0, 0.1) is 0 Å². The molecule has 3 N–H and O–H groups in total. The van der Waals surface area contributed by atoms with Crippen LogP contribution in [0.1, 0.15) is 44.5 Å². The molecule has 65 heavy (non-hydrogen) atoms. The molecule has 3 heteroatoms. The molecule has 312 valence electrons. The summed E-state index contributed by atoms with van der Waals surface area (Å²) in [5.41, 5.74) is 23.6. The first kappa shape index (κ1) is 41.3. The molecule has 0 saturated heterocycles. The molecule has 0 bridgehead atoms. The average molecular weight is 900 g/mol. The number of fused-ring (bicyclic) bond motifs is 6. The largest absolute Gasteiger partial charge is 0.399 e. The molecule has 12 rings (SSSR count). The van der Waals surface area contributed by atoms with Gasteiger partial charge in [0.15, 0.2) is 0 Å². The second-order valence-electron chi connectivity index (χ2n) is 16.4. The van der Waals surface area contributed by atoms with E-state index in [-0.39, 0.29) is 10.8 Å². The molecule has 0 aromatic heterocycles. The Labute approximate surface area is 390 Å². The Morgan fingerprint density at radius 1 is 0.277 bits per heavy atom. The van der Waals surface area contributed by atoms with Gasteiger partial charge in [-0.05, 0) is 115 Å². The lowest BCUT2D eigenvalue weighted by atomic mass is 9.68. The normalized spacial score (nSPS) is 13.0. The molecular weight excluding hydrogens is 853 g/mol. The minimum Gasteiger partial charge on any atom is -0.399 e. The molecule has 0 fully saturated rings. The Morgan fingerprint density at radius 3 is 0.908 bits per heavy atom. The van der Waals surface area contributed by atoms with Crippen LogP contribution in [0.4, 0.5) is 17.1 Å². The number of anilines is 3. The van der Waals surface area contributed by atoms with Crippen molar-refractivity contribution in [3.05, 3.63) is 316 Å². The minimum absolute atomic E-state index is 0.283. The molecule has 0 unspecified atom stereocenters. The van der Waals surface area contributed by atoms with Gasteiger partial charge in [-0.15, -0.1) is 0 Å². The average Bonchev–Trinajstić information content (AvgIpc) is 3.85. The van der Waals surface area contributed by atoms with Crippen molar-refractivity contribution in [3.8, 4) is 22.3 Å². The van der Waals surface area contributed by atoms with Crippen LogP contribution in [0.2, 0.25) is 0 Å². The number of benzene rings is 10. The fourth-order valence-electron chi connectivity index (χ4n) is 10.1. The van der Waals surface area contributed by atoms with E-state index in [1.165, 1.54) is 66.8 Å². The lowest BCUT2D eigenvalue weighted by molar-refractivity contribution is 0.768. The summed E-state index contributed by atoms with van der Waals surface area (Å²) in [4.78, 5) is 0. The molecule has 2 aliphatic rings. The molecule has 0 saturated carbocycles. The lowest BCUT2D eigenvalue weighted by Gasteiger charge is -2.34. The first-order chi connectivity index (χ1) is 32.1. The number of rotatable bonds is 6. The molecular formula is C62H47BrN2. The smallest absolute Gasteiger partial charge is 0.0713 e. The Bertz CT molecular complexity index is 3080. The zero-order chi connectivity index (χ0) is 44.1. The third-order valence-corrected chi connectivity index (χ3v) is 13.3. The highest BCUT2D eigenvalue weighted by molar-refractivity contribution is 9.10. The standard InChI is InChI=1S/C31H23N.C25H17Br.C6H7N/c1-3-11-23(12-4-1)31(24-19-21-26(22-20-24)32-25-13-5-2-6-14-25)29-17-9-7-15-27(29)28-16-8-10-18-30(28)31;26-20-16-14-19(15-17-20)25(18-8-2-1-3-9-18)23-12-6-4-10-21(23)22-11-5-7-13-24(22)25;7-6-4-2-1-3-5-6/h1-22,32H;1-17H;1-5H,7H2. The van der Waals surface area contributed by atoms with Gasteiger partial charge >= 0.3 is 0 Å². The monoisotopic (exact) mass is 898 g/mol. The van der Waals surface area contributed by atoms with Crippen molar-refractivity contribution in [2.45, 2.75) is 10.8 Å². The second-order valence-corrected chi connectivity index (χ2v) is 17.3. The van der Waals surface area contributed by atoms with Gasteiger partial charge < -0.3 is 11.1 Å². The van der Waals surface area contributed by atoms with Gasteiger partial charge in [0.25, 0.3) is 0 Å². The highest BCUT2D eigenvalue weighted by Gasteiger charge is 2.47. The van der Waals surface area contributed by atoms with E-state index in [1.54, 1.807) is 0 Å². The van der Waals surface area contributed by atoms with Gasteiger partial charge in [0.1, 0.15) is 0 Å². The van der Waals surface area contributed by atoms with E-state index in [0.717, 1.165) is 21.5 Å². The van der Waals surface area contributed by atoms with Gasteiger partial charge in [-0.1, -0.05) is 234 Å². The number of hydrogen-bond acceptors (Lipinski definition) is 2. The maximum Gasteiger partial charge on any atom is 0.0713 e. The number of para-hydroxylation sites is 2. The van der Waals surface area contributed by atoms with Crippen molar-refractivity contribution in [3.63, 3.8) is 0 Å². The third-order valence-electron chi connectivity index (χ3n) is 12.8. The van der Waals surface area contributed by atoms with Crippen LogP contribution in [0.3, 0.4) is 0 Å². The van der Waals surface area contributed by atoms with Crippen molar-refractivity contribution in [2.75, 3.05) is 11.1 Å². The fourth-order valence-corrected chi connectivity index (χ4v) is 10.3. The highest BCUT2D eigenvalue weighted by atomic mass is 79.9. The van der Waals surface area contributed by atoms with Crippen molar-refractivity contribution < 1.29 is 0 Å². The quantitative estimate of drug-likeness (QED) is 0.163. The van der Waals surface area contributed by atoms with Gasteiger partial charge in [-0.3, -0.25) is 0 Å². The lowest BCUT2D eigenvalue weighted by Crippen LogP contribution is -2.28. The van der Waals surface area contributed by atoms with Gasteiger partial charge in [-0.25, -0.2) is 0 Å². The topological polar surface area (TPSA) is 38.0 Å². The van der Waals surface area contributed by atoms with Crippen LogP contribution in [-0.4, -0.2) is 0 Å². The molecule has 0 amide bonds. The highest BCUT2D eigenvalue weighted by Crippen LogP contribution is 2.57. The minimum atomic E-state index is -0.334. The molecule has 0 spiro atoms.